The van der Waals surface area contributed by atoms with Gasteiger partial charge in [-0.05, 0) is 40.8 Å². The van der Waals surface area contributed by atoms with Crippen molar-refractivity contribution in [3.05, 3.63) is 43.1 Å². The van der Waals surface area contributed by atoms with Gasteiger partial charge < -0.3 is 5.32 Å². The fraction of sp³-hybridized carbons (Fsp3) is 0.100. The van der Waals surface area contributed by atoms with E-state index in [9.17, 15) is 4.39 Å². The summed E-state index contributed by atoms with van der Waals surface area (Å²) >= 11 is 9.20. The van der Waals surface area contributed by atoms with E-state index in [-0.39, 0.29) is 5.82 Å². The number of benzene rings is 1. The number of rotatable bonds is 3. The van der Waals surface area contributed by atoms with Crippen molar-refractivity contribution in [2.75, 3.05) is 5.32 Å². The third-order valence-corrected chi connectivity index (χ3v) is 3.59. The Bertz CT molecular complexity index is 483. The Balaban J connectivity index is 2.04. The van der Waals surface area contributed by atoms with Crippen LogP contribution in [-0.2, 0) is 6.54 Å². The second-order valence-electron chi connectivity index (χ2n) is 3.09. The Morgan fingerprint density at radius 3 is 2.88 bits per heavy atom. The molecule has 0 saturated carbocycles. The van der Waals surface area contributed by atoms with Gasteiger partial charge in [-0.3, -0.25) is 0 Å². The van der Waals surface area contributed by atoms with Gasteiger partial charge in [-0.2, -0.15) is 0 Å². The minimum absolute atomic E-state index is 0.239. The predicted octanol–water partition coefficient (Wildman–Crippen LogP) is 4.15. The monoisotopic (exact) mass is 368 g/mol. The summed E-state index contributed by atoms with van der Waals surface area (Å²) in [6.45, 7) is 0.601. The molecule has 1 heterocycles. The summed E-state index contributed by atoms with van der Waals surface area (Å²) in [4.78, 5) is 4.95. The number of hydrogen-bond acceptors (Lipinski definition) is 3. The molecule has 6 heteroatoms. The lowest BCUT2D eigenvalue weighted by Crippen LogP contribution is -1.98. The van der Waals surface area contributed by atoms with Crippen molar-refractivity contribution in [3.63, 3.8) is 0 Å². The second-order valence-corrected chi connectivity index (χ2v) is 6.03. The van der Waals surface area contributed by atoms with Crippen LogP contribution in [0.5, 0.6) is 0 Å². The zero-order valence-electron chi connectivity index (χ0n) is 8.01. The Kier molecular flexibility index (Phi) is 3.99. The topological polar surface area (TPSA) is 24.9 Å². The second kappa shape index (κ2) is 5.29. The van der Waals surface area contributed by atoms with Crippen LogP contribution in [0.2, 0.25) is 4.47 Å². The smallest absolute Gasteiger partial charge is 0.183 e. The maximum absolute atomic E-state index is 13.1. The van der Waals surface area contributed by atoms with Gasteiger partial charge in [0.15, 0.2) is 4.47 Å². The molecule has 0 aliphatic heterocycles. The van der Waals surface area contributed by atoms with Crippen molar-refractivity contribution in [2.45, 2.75) is 6.54 Å². The number of thiazole rings is 1. The van der Waals surface area contributed by atoms with E-state index in [2.05, 4.69) is 32.9 Å². The predicted molar refractivity (Wildman–Crippen MR) is 73.6 cm³/mol. The molecule has 1 N–H and O–H groups in total. The summed E-state index contributed by atoms with van der Waals surface area (Å²) < 4.78 is 14.5. The maximum atomic E-state index is 13.1. The van der Waals surface area contributed by atoms with Crippen molar-refractivity contribution in [3.8, 4) is 0 Å². The first-order valence-corrected chi connectivity index (χ1v) is 6.71. The number of halogens is 3. The third kappa shape index (κ3) is 3.29. The SMILES string of the molecule is Fc1cc(I)cc(NCc2cnc(Cl)s2)c1. The third-order valence-electron chi connectivity index (χ3n) is 1.85. The molecule has 0 saturated heterocycles. The van der Waals surface area contributed by atoms with E-state index < -0.39 is 0 Å². The fourth-order valence-electron chi connectivity index (χ4n) is 1.21. The van der Waals surface area contributed by atoms with Crippen molar-refractivity contribution in [1.82, 2.24) is 4.98 Å². The molecule has 0 fully saturated rings. The number of anilines is 1. The molecule has 0 radical (unpaired) electrons. The molecule has 0 aliphatic rings. The molecule has 0 amide bonds. The minimum Gasteiger partial charge on any atom is -0.380 e. The van der Waals surface area contributed by atoms with E-state index in [0.717, 1.165) is 14.1 Å². The van der Waals surface area contributed by atoms with E-state index >= 15 is 0 Å². The largest absolute Gasteiger partial charge is 0.380 e. The van der Waals surface area contributed by atoms with Crippen LogP contribution in [0.15, 0.2) is 24.4 Å². The maximum Gasteiger partial charge on any atom is 0.183 e. The Morgan fingerprint density at radius 2 is 2.25 bits per heavy atom. The molecule has 0 spiro atoms. The van der Waals surface area contributed by atoms with Crippen LogP contribution in [0.1, 0.15) is 4.88 Å². The van der Waals surface area contributed by atoms with Gasteiger partial charge in [-0.25, -0.2) is 9.37 Å². The summed E-state index contributed by atoms with van der Waals surface area (Å²) in [7, 11) is 0. The average Bonchev–Trinajstić information content (AvgIpc) is 2.60. The highest BCUT2D eigenvalue weighted by Gasteiger charge is 2.01. The van der Waals surface area contributed by atoms with E-state index in [0.29, 0.717) is 11.0 Å². The van der Waals surface area contributed by atoms with Crippen LogP contribution in [0.25, 0.3) is 0 Å². The van der Waals surface area contributed by atoms with Gasteiger partial charge in [0.05, 0.1) is 6.54 Å². The lowest BCUT2D eigenvalue weighted by Gasteiger charge is -2.05. The molecule has 2 rings (SSSR count). The molecule has 0 bridgehead atoms. The summed E-state index contributed by atoms with van der Waals surface area (Å²) in [5, 5.41) is 3.12. The Morgan fingerprint density at radius 1 is 1.44 bits per heavy atom. The first-order valence-electron chi connectivity index (χ1n) is 4.43. The highest BCUT2D eigenvalue weighted by atomic mass is 127. The zero-order chi connectivity index (χ0) is 11.5. The summed E-state index contributed by atoms with van der Waals surface area (Å²) in [5.41, 5.74) is 0.758. The summed E-state index contributed by atoms with van der Waals surface area (Å²) in [6.07, 6.45) is 1.71. The van der Waals surface area contributed by atoms with Crippen LogP contribution in [-0.4, -0.2) is 4.98 Å². The average molecular weight is 369 g/mol. The Labute approximate surface area is 115 Å². The fourth-order valence-corrected chi connectivity index (χ4v) is 2.76. The molecule has 0 atom stereocenters. The van der Waals surface area contributed by atoms with Gasteiger partial charge in [0.1, 0.15) is 5.82 Å². The highest BCUT2D eigenvalue weighted by molar-refractivity contribution is 14.1. The number of nitrogens with zero attached hydrogens (tertiary/aromatic N) is 1. The molecule has 0 unspecified atom stereocenters. The normalized spacial score (nSPS) is 10.4. The van der Waals surface area contributed by atoms with Gasteiger partial charge in [0.25, 0.3) is 0 Å². The summed E-state index contributed by atoms with van der Waals surface area (Å²) in [5.74, 6) is -0.239. The molecule has 2 nitrogen and oxygen atoms in total. The number of nitrogens with one attached hydrogen (secondary N) is 1. The standard InChI is InChI=1S/C10H7ClFIN2S/c11-10-15-5-9(16-10)4-14-8-2-6(12)1-7(13)3-8/h1-3,5,14H,4H2. The Hall–Kier alpha value is -0.400. The lowest BCUT2D eigenvalue weighted by molar-refractivity contribution is 0.627. The van der Waals surface area contributed by atoms with Crippen LogP contribution >= 0.6 is 45.5 Å². The molecule has 1 aromatic carbocycles. The number of hydrogen-bond donors (Lipinski definition) is 1. The van der Waals surface area contributed by atoms with E-state index in [1.807, 2.05) is 6.07 Å². The van der Waals surface area contributed by atoms with Crippen molar-refractivity contribution < 1.29 is 4.39 Å². The molecule has 16 heavy (non-hydrogen) atoms. The van der Waals surface area contributed by atoms with Crippen molar-refractivity contribution in [2.24, 2.45) is 0 Å². The zero-order valence-corrected chi connectivity index (χ0v) is 11.7. The molecule has 2 aromatic rings. The molecular weight excluding hydrogens is 362 g/mol. The van der Waals surface area contributed by atoms with E-state index in [1.165, 1.54) is 23.5 Å². The van der Waals surface area contributed by atoms with Gasteiger partial charge in [-0.15, -0.1) is 11.3 Å². The highest BCUT2D eigenvalue weighted by Crippen LogP contribution is 2.20. The first-order chi connectivity index (χ1) is 7.63. The van der Waals surface area contributed by atoms with Crippen LogP contribution < -0.4 is 5.32 Å². The van der Waals surface area contributed by atoms with E-state index in [1.54, 1.807) is 6.20 Å². The van der Waals surface area contributed by atoms with Crippen LogP contribution in [0, 0.1) is 9.39 Å². The van der Waals surface area contributed by atoms with Gasteiger partial charge >= 0.3 is 0 Å². The number of aromatic nitrogens is 1. The van der Waals surface area contributed by atoms with Crippen LogP contribution in [0.3, 0.4) is 0 Å². The molecule has 84 valence electrons. The van der Waals surface area contributed by atoms with Crippen LogP contribution in [0.4, 0.5) is 10.1 Å². The molecular formula is C10H7ClFIN2S. The van der Waals surface area contributed by atoms with Crippen molar-refractivity contribution in [1.29, 1.82) is 0 Å². The summed E-state index contributed by atoms with van der Waals surface area (Å²) in [6, 6.07) is 4.83. The molecule has 0 aliphatic carbocycles. The quantitative estimate of drug-likeness (QED) is 0.823. The lowest BCUT2D eigenvalue weighted by atomic mass is 10.3. The molecule has 1 aromatic heterocycles. The van der Waals surface area contributed by atoms with Gasteiger partial charge in [0, 0.05) is 20.3 Å². The first kappa shape index (κ1) is 12.1. The van der Waals surface area contributed by atoms with E-state index in [4.69, 9.17) is 11.6 Å². The minimum atomic E-state index is -0.239. The van der Waals surface area contributed by atoms with Crippen molar-refractivity contribution >= 4 is 51.2 Å². The van der Waals surface area contributed by atoms with Gasteiger partial charge in [0.2, 0.25) is 0 Å². The van der Waals surface area contributed by atoms with Gasteiger partial charge in [-0.1, -0.05) is 11.6 Å².